The average Bonchev–Trinajstić information content (AvgIpc) is 2.15. The van der Waals surface area contributed by atoms with E-state index < -0.39 is 0 Å². The molecular weight excluding hydrogens is 180 g/mol. The quantitative estimate of drug-likeness (QED) is 0.739. The Bertz CT molecular complexity index is 141. The topological polar surface area (TPSA) is 15.3 Å². The van der Waals surface area contributed by atoms with Crippen LogP contribution < -0.4 is 5.32 Å². The molecular formula is C10H22N2S. The molecule has 1 rings (SSSR count). The van der Waals surface area contributed by atoms with Gasteiger partial charge in [-0.2, -0.15) is 11.8 Å². The Balaban J connectivity index is 2.24. The molecule has 1 N–H and O–H groups in total. The molecule has 0 aromatic rings. The van der Waals surface area contributed by atoms with Gasteiger partial charge < -0.3 is 10.2 Å². The highest BCUT2D eigenvalue weighted by Gasteiger charge is 2.23. The van der Waals surface area contributed by atoms with E-state index in [1.807, 2.05) is 11.8 Å². The van der Waals surface area contributed by atoms with E-state index in [1.54, 1.807) is 0 Å². The molecule has 2 unspecified atom stereocenters. The minimum atomic E-state index is 0.741. The van der Waals surface area contributed by atoms with E-state index in [2.05, 4.69) is 30.4 Å². The first-order valence-corrected chi connectivity index (χ1v) is 6.56. The summed E-state index contributed by atoms with van der Waals surface area (Å²) < 4.78 is 0. The maximum Gasteiger partial charge on any atom is 0.0114 e. The van der Waals surface area contributed by atoms with E-state index in [0.717, 1.165) is 12.0 Å². The zero-order valence-corrected chi connectivity index (χ0v) is 9.86. The summed E-state index contributed by atoms with van der Waals surface area (Å²) in [6.07, 6.45) is 3.50. The molecule has 0 aromatic carbocycles. The Kier molecular flexibility index (Phi) is 5.14. The van der Waals surface area contributed by atoms with E-state index in [-0.39, 0.29) is 0 Å². The zero-order chi connectivity index (χ0) is 9.68. The lowest BCUT2D eigenvalue weighted by Gasteiger charge is -2.36. The normalized spacial score (nSPS) is 30.7. The van der Waals surface area contributed by atoms with E-state index in [1.165, 1.54) is 31.8 Å². The summed E-state index contributed by atoms with van der Waals surface area (Å²) in [6, 6.07) is 0.741. The second-order valence-corrected chi connectivity index (χ2v) is 4.94. The van der Waals surface area contributed by atoms with Crippen LogP contribution in [0.5, 0.6) is 0 Å². The van der Waals surface area contributed by atoms with Crippen LogP contribution in [0.1, 0.15) is 13.3 Å². The Labute approximate surface area is 86.5 Å². The first-order valence-electron chi connectivity index (χ1n) is 5.16. The average molecular weight is 202 g/mol. The van der Waals surface area contributed by atoms with Crippen molar-refractivity contribution in [2.24, 2.45) is 5.92 Å². The van der Waals surface area contributed by atoms with Crippen LogP contribution in [0.25, 0.3) is 0 Å². The van der Waals surface area contributed by atoms with Gasteiger partial charge in [0.15, 0.2) is 0 Å². The number of piperidine rings is 1. The first kappa shape index (κ1) is 11.3. The van der Waals surface area contributed by atoms with Gasteiger partial charge in [0.05, 0.1) is 0 Å². The predicted octanol–water partition coefficient (Wildman–Crippen LogP) is 1.28. The molecule has 0 amide bonds. The van der Waals surface area contributed by atoms with Gasteiger partial charge in [-0.15, -0.1) is 0 Å². The van der Waals surface area contributed by atoms with Gasteiger partial charge >= 0.3 is 0 Å². The van der Waals surface area contributed by atoms with Crippen molar-refractivity contribution in [3.05, 3.63) is 0 Å². The van der Waals surface area contributed by atoms with Crippen LogP contribution in [-0.4, -0.2) is 49.6 Å². The number of hydrogen-bond donors (Lipinski definition) is 1. The minimum Gasteiger partial charge on any atom is -0.317 e. The van der Waals surface area contributed by atoms with Crippen molar-refractivity contribution in [1.29, 1.82) is 0 Å². The van der Waals surface area contributed by atoms with Crippen molar-refractivity contribution in [3.8, 4) is 0 Å². The smallest absolute Gasteiger partial charge is 0.0114 e. The summed E-state index contributed by atoms with van der Waals surface area (Å²) in [4.78, 5) is 2.59. The lowest BCUT2D eigenvalue weighted by molar-refractivity contribution is 0.159. The Morgan fingerprint density at radius 3 is 2.85 bits per heavy atom. The van der Waals surface area contributed by atoms with Crippen molar-refractivity contribution < 1.29 is 0 Å². The highest BCUT2D eigenvalue weighted by atomic mass is 32.2. The summed E-state index contributed by atoms with van der Waals surface area (Å²) >= 11 is 1.95. The highest BCUT2D eigenvalue weighted by Crippen LogP contribution is 2.16. The van der Waals surface area contributed by atoms with Gasteiger partial charge in [-0.05, 0) is 32.2 Å². The molecule has 1 aliphatic heterocycles. The molecule has 13 heavy (non-hydrogen) atoms. The maximum absolute atomic E-state index is 3.40. The monoisotopic (exact) mass is 202 g/mol. The Morgan fingerprint density at radius 2 is 2.31 bits per heavy atom. The molecule has 0 saturated carbocycles. The van der Waals surface area contributed by atoms with E-state index in [9.17, 15) is 0 Å². The predicted molar refractivity (Wildman–Crippen MR) is 61.5 cm³/mol. The molecule has 2 nitrogen and oxygen atoms in total. The molecule has 1 saturated heterocycles. The van der Waals surface area contributed by atoms with Gasteiger partial charge in [0.2, 0.25) is 0 Å². The molecule has 3 heteroatoms. The molecule has 0 bridgehead atoms. The molecule has 0 radical (unpaired) electrons. The van der Waals surface area contributed by atoms with Crippen LogP contribution >= 0.6 is 11.8 Å². The van der Waals surface area contributed by atoms with E-state index in [0.29, 0.717) is 0 Å². The van der Waals surface area contributed by atoms with Gasteiger partial charge in [-0.1, -0.05) is 6.92 Å². The standard InChI is InChI=1S/C10H22N2S/c1-9-8-12(6-7-13-3)5-4-10(9)11-2/h9-11H,4-8H2,1-3H3. The third-order valence-electron chi connectivity index (χ3n) is 2.97. The van der Waals surface area contributed by atoms with Gasteiger partial charge in [0.1, 0.15) is 0 Å². The van der Waals surface area contributed by atoms with Crippen LogP contribution in [0.3, 0.4) is 0 Å². The van der Waals surface area contributed by atoms with Crippen LogP contribution in [0.2, 0.25) is 0 Å². The molecule has 0 aromatic heterocycles. The molecule has 0 spiro atoms. The second-order valence-electron chi connectivity index (χ2n) is 3.95. The van der Waals surface area contributed by atoms with Crippen molar-refractivity contribution in [2.75, 3.05) is 38.7 Å². The van der Waals surface area contributed by atoms with Crippen LogP contribution in [0.15, 0.2) is 0 Å². The summed E-state index contributed by atoms with van der Waals surface area (Å²) in [5, 5.41) is 3.40. The van der Waals surface area contributed by atoms with Crippen LogP contribution in [0.4, 0.5) is 0 Å². The van der Waals surface area contributed by atoms with Crippen LogP contribution in [-0.2, 0) is 0 Å². The van der Waals surface area contributed by atoms with Gasteiger partial charge in [0, 0.05) is 24.9 Å². The molecule has 78 valence electrons. The highest BCUT2D eigenvalue weighted by molar-refractivity contribution is 7.98. The van der Waals surface area contributed by atoms with Crippen molar-refractivity contribution in [2.45, 2.75) is 19.4 Å². The number of nitrogens with zero attached hydrogens (tertiary/aromatic N) is 1. The lowest BCUT2D eigenvalue weighted by Crippen LogP contribution is -2.47. The summed E-state index contributed by atoms with van der Waals surface area (Å²) in [7, 11) is 2.08. The van der Waals surface area contributed by atoms with Crippen molar-refractivity contribution >= 4 is 11.8 Å². The van der Waals surface area contributed by atoms with Crippen LogP contribution in [0, 0.1) is 5.92 Å². The lowest BCUT2D eigenvalue weighted by atomic mass is 9.94. The summed E-state index contributed by atoms with van der Waals surface area (Å²) in [5.41, 5.74) is 0. The van der Waals surface area contributed by atoms with Gasteiger partial charge in [-0.25, -0.2) is 0 Å². The third kappa shape index (κ3) is 3.49. The fraction of sp³-hybridized carbons (Fsp3) is 1.00. The zero-order valence-electron chi connectivity index (χ0n) is 9.05. The van der Waals surface area contributed by atoms with Crippen molar-refractivity contribution in [1.82, 2.24) is 10.2 Å². The minimum absolute atomic E-state index is 0.741. The van der Waals surface area contributed by atoms with E-state index in [4.69, 9.17) is 0 Å². The maximum atomic E-state index is 3.40. The van der Waals surface area contributed by atoms with Gasteiger partial charge in [0.25, 0.3) is 0 Å². The number of likely N-dealkylation sites (tertiary alicyclic amines) is 1. The fourth-order valence-electron chi connectivity index (χ4n) is 2.08. The van der Waals surface area contributed by atoms with E-state index >= 15 is 0 Å². The SMILES string of the molecule is CNC1CCN(CCSC)CC1C. The number of nitrogens with one attached hydrogen (secondary N) is 1. The van der Waals surface area contributed by atoms with Crippen molar-refractivity contribution in [3.63, 3.8) is 0 Å². The number of rotatable bonds is 4. The number of thioether (sulfide) groups is 1. The van der Waals surface area contributed by atoms with Gasteiger partial charge in [-0.3, -0.25) is 0 Å². The Morgan fingerprint density at radius 1 is 1.54 bits per heavy atom. The second kappa shape index (κ2) is 5.89. The molecule has 1 aliphatic rings. The Hall–Kier alpha value is 0.270. The first-order chi connectivity index (χ1) is 6.27. The fourth-order valence-corrected chi connectivity index (χ4v) is 2.53. The molecule has 0 aliphatic carbocycles. The summed E-state index contributed by atoms with van der Waals surface area (Å²) in [6.45, 7) is 6.16. The largest absolute Gasteiger partial charge is 0.317 e. The number of hydrogen-bond acceptors (Lipinski definition) is 3. The summed E-state index contributed by atoms with van der Waals surface area (Å²) in [5.74, 6) is 2.08. The third-order valence-corrected chi connectivity index (χ3v) is 3.56. The molecule has 2 atom stereocenters. The molecule has 1 heterocycles. The molecule has 1 fully saturated rings.